The van der Waals surface area contributed by atoms with Crippen molar-refractivity contribution in [2.75, 3.05) is 6.61 Å². The molecule has 3 heteroatoms. The number of hydrogen-bond donors (Lipinski definition) is 1. The molecule has 0 saturated heterocycles. The van der Waals surface area contributed by atoms with Crippen molar-refractivity contribution in [1.82, 2.24) is 5.32 Å². The molecule has 1 aliphatic rings. The van der Waals surface area contributed by atoms with E-state index in [0.717, 1.165) is 0 Å². The van der Waals surface area contributed by atoms with E-state index in [1.165, 1.54) is 12.8 Å². The Hall–Kier alpha value is -0.730. The van der Waals surface area contributed by atoms with Crippen LogP contribution in [0, 0.1) is 5.92 Å². The molecule has 0 spiro atoms. The van der Waals surface area contributed by atoms with Crippen LogP contribution >= 0.6 is 0 Å². The molecule has 3 nitrogen and oxygen atoms in total. The molecule has 1 N–H and O–H groups in total. The van der Waals surface area contributed by atoms with Gasteiger partial charge < -0.3 is 10.1 Å². The largest absolute Gasteiger partial charge is 0.449 e. The third-order valence-corrected chi connectivity index (χ3v) is 1.55. The van der Waals surface area contributed by atoms with Crippen LogP contribution in [0.25, 0.3) is 0 Å². The molecule has 0 radical (unpaired) electrons. The summed E-state index contributed by atoms with van der Waals surface area (Å²) in [7, 11) is 0. The maximum Gasteiger partial charge on any atom is 0.407 e. The number of alkyl carbamates (subject to hydrolysis) is 1. The van der Waals surface area contributed by atoms with E-state index in [9.17, 15) is 4.79 Å². The van der Waals surface area contributed by atoms with Crippen molar-refractivity contribution in [2.24, 2.45) is 5.92 Å². The summed E-state index contributed by atoms with van der Waals surface area (Å²) in [5, 5.41) is 2.66. The average molecular weight is 157 g/mol. The molecule has 0 bridgehead atoms. The van der Waals surface area contributed by atoms with Gasteiger partial charge in [-0.15, -0.1) is 0 Å². The monoisotopic (exact) mass is 157 g/mol. The van der Waals surface area contributed by atoms with Gasteiger partial charge in [-0.1, -0.05) is 0 Å². The van der Waals surface area contributed by atoms with Gasteiger partial charge in [0.05, 0.1) is 6.61 Å². The number of nitrogens with one attached hydrogen (secondary N) is 1. The molecule has 1 amide bonds. The minimum absolute atomic E-state index is 0.168. The Morgan fingerprint density at radius 2 is 2.27 bits per heavy atom. The molecule has 0 heterocycles. The molecule has 1 aliphatic carbocycles. The van der Waals surface area contributed by atoms with E-state index < -0.39 is 0 Å². The van der Waals surface area contributed by atoms with E-state index in [0.29, 0.717) is 12.5 Å². The Morgan fingerprint density at radius 3 is 2.73 bits per heavy atom. The first-order valence-corrected chi connectivity index (χ1v) is 4.12. The smallest absolute Gasteiger partial charge is 0.407 e. The lowest BCUT2D eigenvalue weighted by atomic mass is 10.4. The zero-order chi connectivity index (χ0) is 8.27. The standard InChI is InChI=1S/C8H15NO2/c1-6(2)9-8(10)11-5-7-3-4-7/h6-7H,3-5H2,1-2H3,(H,9,10). The van der Waals surface area contributed by atoms with Gasteiger partial charge in [-0.25, -0.2) is 4.79 Å². The van der Waals surface area contributed by atoms with Crippen LogP contribution in [0.15, 0.2) is 0 Å². The predicted octanol–water partition coefficient (Wildman–Crippen LogP) is 1.53. The summed E-state index contributed by atoms with van der Waals surface area (Å²) in [6.45, 7) is 4.43. The highest BCUT2D eigenvalue weighted by Crippen LogP contribution is 2.28. The van der Waals surface area contributed by atoms with E-state index in [4.69, 9.17) is 4.74 Å². The Balaban J connectivity index is 2.00. The highest BCUT2D eigenvalue weighted by atomic mass is 16.5. The van der Waals surface area contributed by atoms with Crippen LogP contribution < -0.4 is 5.32 Å². The summed E-state index contributed by atoms with van der Waals surface area (Å²) in [6, 6.07) is 0.168. The molecule has 0 aliphatic heterocycles. The second-order valence-corrected chi connectivity index (χ2v) is 3.34. The summed E-state index contributed by atoms with van der Waals surface area (Å²) in [5.74, 6) is 0.646. The Bertz CT molecular complexity index is 141. The summed E-state index contributed by atoms with van der Waals surface area (Å²) >= 11 is 0. The topological polar surface area (TPSA) is 38.3 Å². The molecule has 11 heavy (non-hydrogen) atoms. The second-order valence-electron chi connectivity index (χ2n) is 3.34. The molecule has 1 fully saturated rings. The highest BCUT2D eigenvalue weighted by Gasteiger charge is 2.22. The van der Waals surface area contributed by atoms with Crippen molar-refractivity contribution < 1.29 is 9.53 Å². The van der Waals surface area contributed by atoms with Crippen LogP contribution in [0.1, 0.15) is 26.7 Å². The van der Waals surface area contributed by atoms with Crippen molar-refractivity contribution >= 4 is 6.09 Å². The quantitative estimate of drug-likeness (QED) is 0.674. The van der Waals surface area contributed by atoms with Crippen LogP contribution in [0.2, 0.25) is 0 Å². The van der Waals surface area contributed by atoms with Gasteiger partial charge in [0.1, 0.15) is 0 Å². The molecule has 0 aromatic carbocycles. The predicted molar refractivity (Wildman–Crippen MR) is 42.3 cm³/mol. The van der Waals surface area contributed by atoms with Crippen LogP contribution in [0.5, 0.6) is 0 Å². The van der Waals surface area contributed by atoms with Gasteiger partial charge in [0, 0.05) is 6.04 Å². The minimum atomic E-state index is -0.285. The zero-order valence-corrected chi connectivity index (χ0v) is 7.09. The molecule has 1 rings (SSSR count). The second kappa shape index (κ2) is 3.60. The van der Waals surface area contributed by atoms with Gasteiger partial charge >= 0.3 is 6.09 Å². The SMILES string of the molecule is CC(C)NC(=O)OCC1CC1. The van der Waals surface area contributed by atoms with E-state index in [-0.39, 0.29) is 12.1 Å². The minimum Gasteiger partial charge on any atom is -0.449 e. The lowest BCUT2D eigenvalue weighted by molar-refractivity contribution is 0.138. The van der Waals surface area contributed by atoms with Crippen molar-refractivity contribution in [3.05, 3.63) is 0 Å². The normalized spacial score (nSPS) is 16.6. The molecule has 0 aromatic heterocycles. The Morgan fingerprint density at radius 1 is 1.64 bits per heavy atom. The third kappa shape index (κ3) is 3.86. The van der Waals surface area contributed by atoms with Crippen LogP contribution in [0.4, 0.5) is 4.79 Å². The third-order valence-electron chi connectivity index (χ3n) is 1.55. The van der Waals surface area contributed by atoms with Gasteiger partial charge in [-0.05, 0) is 32.6 Å². The van der Waals surface area contributed by atoms with E-state index in [1.807, 2.05) is 13.8 Å². The van der Waals surface area contributed by atoms with Crippen molar-refractivity contribution in [3.63, 3.8) is 0 Å². The van der Waals surface area contributed by atoms with E-state index in [1.54, 1.807) is 0 Å². The molecular formula is C8H15NO2. The summed E-state index contributed by atoms with van der Waals surface area (Å²) in [4.78, 5) is 10.9. The van der Waals surface area contributed by atoms with Gasteiger partial charge in [0.2, 0.25) is 0 Å². The number of carbonyl (C=O) groups excluding carboxylic acids is 1. The first kappa shape index (κ1) is 8.37. The number of hydrogen-bond acceptors (Lipinski definition) is 2. The van der Waals surface area contributed by atoms with Crippen LogP contribution in [-0.4, -0.2) is 18.7 Å². The Kier molecular flexibility index (Phi) is 2.74. The average Bonchev–Trinajstić information content (AvgIpc) is 2.63. The number of rotatable bonds is 3. The fourth-order valence-electron chi connectivity index (χ4n) is 0.755. The highest BCUT2D eigenvalue weighted by molar-refractivity contribution is 5.67. The van der Waals surface area contributed by atoms with E-state index >= 15 is 0 Å². The molecular weight excluding hydrogens is 142 g/mol. The molecule has 0 aromatic rings. The van der Waals surface area contributed by atoms with Crippen LogP contribution in [0.3, 0.4) is 0 Å². The van der Waals surface area contributed by atoms with Gasteiger partial charge in [0.25, 0.3) is 0 Å². The van der Waals surface area contributed by atoms with Gasteiger partial charge in [-0.3, -0.25) is 0 Å². The van der Waals surface area contributed by atoms with Gasteiger partial charge in [-0.2, -0.15) is 0 Å². The first-order valence-electron chi connectivity index (χ1n) is 4.12. The fraction of sp³-hybridized carbons (Fsp3) is 0.875. The molecule has 64 valence electrons. The maximum atomic E-state index is 10.9. The molecule has 1 saturated carbocycles. The zero-order valence-electron chi connectivity index (χ0n) is 7.09. The summed E-state index contributed by atoms with van der Waals surface area (Å²) < 4.78 is 4.93. The Labute approximate surface area is 67.1 Å². The van der Waals surface area contributed by atoms with Crippen molar-refractivity contribution in [3.8, 4) is 0 Å². The summed E-state index contributed by atoms with van der Waals surface area (Å²) in [5.41, 5.74) is 0. The summed E-state index contributed by atoms with van der Waals surface area (Å²) in [6.07, 6.45) is 2.15. The van der Waals surface area contributed by atoms with Crippen LogP contribution in [-0.2, 0) is 4.74 Å². The number of ether oxygens (including phenoxy) is 1. The van der Waals surface area contributed by atoms with E-state index in [2.05, 4.69) is 5.32 Å². The van der Waals surface area contributed by atoms with Gasteiger partial charge in [0.15, 0.2) is 0 Å². The first-order chi connectivity index (χ1) is 5.18. The lowest BCUT2D eigenvalue weighted by Gasteiger charge is -2.08. The fourth-order valence-corrected chi connectivity index (χ4v) is 0.755. The van der Waals surface area contributed by atoms with Crippen molar-refractivity contribution in [2.45, 2.75) is 32.7 Å². The van der Waals surface area contributed by atoms with Crippen molar-refractivity contribution in [1.29, 1.82) is 0 Å². The number of carbonyl (C=O) groups is 1. The molecule has 0 atom stereocenters. The maximum absolute atomic E-state index is 10.9. The number of amides is 1. The lowest BCUT2D eigenvalue weighted by Crippen LogP contribution is -2.31. The molecule has 0 unspecified atom stereocenters.